The summed E-state index contributed by atoms with van der Waals surface area (Å²) in [5.74, 6) is 8.09. The predicted molar refractivity (Wildman–Crippen MR) is 96.3 cm³/mol. The summed E-state index contributed by atoms with van der Waals surface area (Å²) in [4.78, 5) is 0. The molecule has 0 aromatic carbocycles. The van der Waals surface area contributed by atoms with Gasteiger partial charge in [-0.3, -0.25) is 0 Å². The molecule has 116 valence electrons. The Morgan fingerprint density at radius 3 is 1.00 bits per heavy atom. The molecule has 2 fully saturated rings. The van der Waals surface area contributed by atoms with Gasteiger partial charge in [0.15, 0.2) is 0 Å². The summed E-state index contributed by atoms with van der Waals surface area (Å²) in [6.45, 7) is 4.25. The van der Waals surface area contributed by atoms with Gasteiger partial charge < -0.3 is 0 Å². The van der Waals surface area contributed by atoms with Crippen molar-refractivity contribution in [2.75, 3.05) is 0 Å². The van der Waals surface area contributed by atoms with E-state index in [-0.39, 0.29) is 0 Å². The van der Waals surface area contributed by atoms with Gasteiger partial charge in [-0.15, -0.1) is 0 Å². The normalized spacial score (nSPS) is 24.7. The topological polar surface area (TPSA) is 0 Å². The van der Waals surface area contributed by atoms with Crippen molar-refractivity contribution in [2.45, 2.75) is 13.8 Å². The summed E-state index contributed by atoms with van der Waals surface area (Å²) in [5, 5.41) is 0. The molecule has 0 saturated heterocycles. The van der Waals surface area contributed by atoms with Gasteiger partial charge in [-0.05, 0) is 37.5 Å². The van der Waals surface area contributed by atoms with Crippen molar-refractivity contribution in [3.63, 3.8) is 0 Å². The first-order valence-corrected chi connectivity index (χ1v) is 13.7. The standard InChI is InChI=1S/2C10H9.2ClH.Zr/c2*1-8-6-9-4-2-3-5-10(9)7-8;;;/h2*2-7H,1H3;2*1H;/q;;;;+2/p-2. The van der Waals surface area contributed by atoms with Gasteiger partial charge in [0, 0.05) is 23.7 Å². The van der Waals surface area contributed by atoms with Crippen LogP contribution in [0.1, 0.15) is 13.8 Å². The first-order chi connectivity index (χ1) is 11.1. The number of hydrogen-bond acceptors (Lipinski definition) is 0. The SMILES string of the molecule is C[C]1[CH][C]2C=CC=C[C]2[CH]1.C[C]1[CH][C]2C=CC=C[C]2[CH]1.[Cl][Zr][Cl]. The first-order valence-electron chi connectivity index (χ1n) is 7.34. The van der Waals surface area contributed by atoms with Crippen LogP contribution in [0.25, 0.3) is 0 Å². The Balaban J connectivity index is 0.000000143. The third kappa shape index (κ3) is 6.34. The average molecular weight is 420 g/mol. The molecule has 0 aromatic rings. The third-order valence-corrected chi connectivity index (χ3v) is 3.52. The van der Waals surface area contributed by atoms with Crippen LogP contribution in [-0.4, -0.2) is 0 Å². The van der Waals surface area contributed by atoms with Crippen LogP contribution >= 0.6 is 17.0 Å². The molecule has 0 atom stereocenters. The van der Waals surface area contributed by atoms with Crippen LogP contribution in [0.3, 0.4) is 0 Å². The van der Waals surface area contributed by atoms with E-state index in [1.54, 1.807) is 0 Å². The van der Waals surface area contributed by atoms with E-state index in [9.17, 15) is 0 Å². The average Bonchev–Trinajstić information content (AvgIpc) is 3.08. The van der Waals surface area contributed by atoms with Crippen molar-refractivity contribution in [2.24, 2.45) is 0 Å². The van der Waals surface area contributed by atoms with Gasteiger partial charge in [-0.1, -0.05) is 62.5 Å². The van der Waals surface area contributed by atoms with E-state index < -0.39 is 20.8 Å². The molecule has 4 aliphatic rings. The fourth-order valence-electron chi connectivity index (χ4n) is 2.61. The van der Waals surface area contributed by atoms with Crippen molar-refractivity contribution < 1.29 is 20.8 Å². The van der Waals surface area contributed by atoms with Gasteiger partial charge in [0.2, 0.25) is 0 Å². The number of halogens is 2. The fourth-order valence-corrected chi connectivity index (χ4v) is 2.61. The molecule has 0 heterocycles. The molecular formula is C20H18Cl2Zr. The number of hydrogen-bond donors (Lipinski definition) is 0. The fraction of sp³-hybridized carbons (Fsp3) is 0.100. The second-order valence-electron chi connectivity index (χ2n) is 5.39. The molecule has 0 bridgehead atoms. The molecule has 0 amide bonds. The van der Waals surface area contributed by atoms with Gasteiger partial charge in [0.25, 0.3) is 0 Å². The summed E-state index contributed by atoms with van der Waals surface area (Å²) >= 11 is -0.826. The van der Waals surface area contributed by atoms with Crippen molar-refractivity contribution in [3.05, 3.63) is 110 Å². The molecule has 2 saturated carbocycles. The Morgan fingerprint density at radius 1 is 0.565 bits per heavy atom. The van der Waals surface area contributed by atoms with E-state index in [0.29, 0.717) is 0 Å². The Bertz CT molecular complexity index is 384. The van der Waals surface area contributed by atoms with E-state index in [2.05, 4.69) is 88.1 Å². The summed E-state index contributed by atoms with van der Waals surface area (Å²) < 4.78 is 0. The maximum absolute atomic E-state index is 4.93. The molecule has 0 unspecified atom stereocenters. The van der Waals surface area contributed by atoms with Crippen LogP contribution in [0, 0.1) is 61.2 Å². The molecule has 3 heteroatoms. The molecule has 0 nitrogen and oxygen atoms in total. The second kappa shape index (κ2) is 10.4. The van der Waals surface area contributed by atoms with Crippen LogP contribution in [0.4, 0.5) is 0 Å². The first kappa shape index (κ1) is 19.7. The van der Waals surface area contributed by atoms with E-state index >= 15 is 0 Å². The number of fused-ring (bicyclic) bond motifs is 2. The molecular weight excluding hydrogens is 402 g/mol. The molecule has 4 aliphatic carbocycles. The summed E-state index contributed by atoms with van der Waals surface area (Å²) in [6, 6.07) is 0. The summed E-state index contributed by atoms with van der Waals surface area (Å²) in [6.07, 6.45) is 25.7. The van der Waals surface area contributed by atoms with E-state index in [0.717, 1.165) is 0 Å². The molecule has 23 heavy (non-hydrogen) atoms. The van der Waals surface area contributed by atoms with Crippen LogP contribution in [0.2, 0.25) is 0 Å². The number of rotatable bonds is 0. The summed E-state index contributed by atoms with van der Waals surface area (Å²) in [5.41, 5.74) is 0. The van der Waals surface area contributed by atoms with Crippen molar-refractivity contribution in [1.82, 2.24) is 0 Å². The molecule has 0 spiro atoms. The zero-order valence-electron chi connectivity index (χ0n) is 13.2. The Morgan fingerprint density at radius 2 is 0.783 bits per heavy atom. The van der Waals surface area contributed by atoms with Gasteiger partial charge in [-0.2, -0.15) is 0 Å². The second-order valence-corrected chi connectivity index (χ2v) is 9.13. The zero-order valence-corrected chi connectivity index (χ0v) is 17.2. The van der Waals surface area contributed by atoms with Crippen LogP contribution in [0.5, 0.6) is 0 Å². The van der Waals surface area contributed by atoms with E-state index in [4.69, 9.17) is 17.0 Å². The predicted octanol–water partition coefficient (Wildman–Crippen LogP) is 5.93. The van der Waals surface area contributed by atoms with Crippen molar-refractivity contribution in [1.29, 1.82) is 0 Å². The summed E-state index contributed by atoms with van der Waals surface area (Å²) in [7, 11) is 9.87. The Hall–Kier alpha value is 0.423. The van der Waals surface area contributed by atoms with Crippen LogP contribution in [0.15, 0.2) is 48.6 Å². The van der Waals surface area contributed by atoms with E-state index in [1.807, 2.05) is 0 Å². The zero-order chi connectivity index (χ0) is 16.7. The molecule has 4 rings (SSSR count). The van der Waals surface area contributed by atoms with Gasteiger partial charge >= 0.3 is 37.9 Å². The van der Waals surface area contributed by atoms with E-state index in [1.165, 1.54) is 35.5 Å². The minimum absolute atomic E-state index is 0.826. The molecule has 10 radical (unpaired) electrons. The minimum atomic E-state index is -0.826. The molecule has 0 aliphatic heterocycles. The molecule has 0 N–H and O–H groups in total. The van der Waals surface area contributed by atoms with Crippen molar-refractivity contribution >= 4 is 17.0 Å². The Kier molecular flexibility index (Phi) is 8.95. The monoisotopic (exact) mass is 418 g/mol. The quantitative estimate of drug-likeness (QED) is 0.456. The van der Waals surface area contributed by atoms with Crippen molar-refractivity contribution in [3.8, 4) is 0 Å². The molecule has 0 aromatic heterocycles. The van der Waals surface area contributed by atoms with Crippen LogP contribution in [-0.2, 0) is 20.8 Å². The Labute approximate surface area is 160 Å². The maximum atomic E-state index is 4.93. The van der Waals surface area contributed by atoms with Gasteiger partial charge in [-0.25, -0.2) is 0 Å². The van der Waals surface area contributed by atoms with Crippen LogP contribution < -0.4 is 0 Å². The van der Waals surface area contributed by atoms with Gasteiger partial charge in [0.1, 0.15) is 0 Å². The third-order valence-electron chi connectivity index (χ3n) is 3.52. The number of allylic oxidation sites excluding steroid dienone is 8. The van der Waals surface area contributed by atoms with Gasteiger partial charge in [0.05, 0.1) is 0 Å².